The van der Waals surface area contributed by atoms with Gasteiger partial charge in [-0.2, -0.15) is 0 Å². The summed E-state index contributed by atoms with van der Waals surface area (Å²) >= 11 is 0. The zero-order chi connectivity index (χ0) is 13.9. The van der Waals surface area contributed by atoms with Gasteiger partial charge in [0.05, 0.1) is 0 Å². The summed E-state index contributed by atoms with van der Waals surface area (Å²) < 4.78 is 0. The second-order valence-electron chi connectivity index (χ2n) is 5.30. The number of nitrogens with zero attached hydrogens (tertiary/aromatic N) is 1. The normalized spacial score (nSPS) is 12.6. The minimum atomic E-state index is 0.595. The molecule has 0 saturated carbocycles. The summed E-state index contributed by atoms with van der Waals surface area (Å²) in [6, 6.07) is 11.2. The van der Waals surface area contributed by atoms with Crippen molar-refractivity contribution in [3.63, 3.8) is 0 Å². The van der Waals surface area contributed by atoms with Crippen molar-refractivity contribution >= 4 is 0 Å². The van der Waals surface area contributed by atoms with Crippen LogP contribution in [0.2, 0.25) is 0 Å². The first-order valence-corrected chi connectivity index (χ1v) is 7.29. The minimum Gasteiger partial charge on any atom is -0.314 e. The van der Waals surface area contributed by atoms with Crippen LogP contribution in [0, 0.1) is 0 Å². The van der Waals surface area contributed by atoms with Gasteiger partial charge < -0.3 is 10.2 Å². The monoisotopic (exact) mass is 260 g/mol. The highest BCUT2D eigenvalue weighted by molar-refractivity contribution is 5.14. The first-order valence-electron chi connectivity index (χ1n) is 7.29. The van der Waals surface area contributed by atoms with Crippen molar-refractivity contribution in [2.24, 2.45) is 0 Å². The molecular formula is C17H28N2. The van der Waals surface area contributed by atoms with Crippen LogP contribution in [0.5, 0.6) is 0 Å². The van der Waals surface area contributed by atoms with Gasteiger partial charge in [-0.05, 0) is 51.9 Å². The van der Waals surface area contributed by atoms with Gasteiger partial charge in [-0.15, -0.1) is 6.58 Å². The van der Waals surface area contributed by atoms with Crippen molar-refractivity contribution in [3.05, 3.63) is 48.6 Å². The van der Waals surface area contributed by atoms with E-state index in [0.29, 0.717) is 6.04 Å². The Morgan fingerprint density at radius 2 is 2.05 bits per heavy atom. The van der Waals surface area contributed by atoms with Crippen molar-refractivity contribution in [2.45, 2.75) is 38.8 Å². The van der Waals surface area contributed by atoms with E-state index in [4.69, 9.17) is 0 Å². The van der Waals surface area contributed by atoms with Gasteiger partial charge in [0.1, 0.15) is 0 Å². The lowest BCUT2D eigenvalue weighted by atomic mass is 10.2. The van der Waals surface area contributed by atoms with Crippen LogP contribution in [-0.4, -0.2) is 31.1 Å². The maximum absolute atomic E-state index is 3.76. The number of hydrogen-bond acceptors (Lipinski definition) is 2. The Morgan fingerprint density at radius 3 is 2.74 bits per heavy atom. The van der Waals surface area contributed by atoms with Gasteiger partial charge in [0.2, 0.25) is 0 Å². The van der Waals surface area contributed by atoms with Gasteiger partial charge in [-0.25, -0.2) is 0 Å². The maximum Gasteiger partial charge on any atom is 0.0230 e. The van der Waals surface area contributed by atoms with E-state index in [1.165, 1.54) is 18.4 Å². The topological polar surface area (TPSA) is 15.3 Å². The first kappa shape index (κ1) is 15.9. The average Bonchev–Trinajstić information content (AvgIpc) is 2.42. The Bertz CT molecular complexity index is 334. The molecule has 0 saturated heterocycles. The molecule has 19 heavy (non-hydrogen) atoms. The van der Waals surface area contributed by atoms with Crippen molar-refractivity contribution in [1.29, 1.82) is 0 Å². The van der Waals surface area contributed by atoms with Gasteiger partial charge in [0.25, 0.3) is 0 Å². The van der Waals surface area contributed by atoms with Crippen molar-refractivity contribution in [2.75, 3.05) is 20.1 Å². The summed E-state index contributed by atoms with van der Waals surface area (Å²) in [6.45, 7) is 9.27. The fourth-order valence-corrected chi connectivity index (χ4v) is 2.14. The van der Waals surface area contributed by atoms with Crippen LogP contribution in [0.4, 0.5) is 0 Å². The number of rotatable bonds is 10. The van der Waals surface area contributed by atoms with Crippen LogP contribution in [0.15, 0.2) is 43.0 Å². The van der Waals surface area contributed by atoms with E-state index < -0.39 is 0 Å². The molecule has 0 aromatic heterocycles. The fraction of sp³-hybridized carbons (Fsp3) is 0.529. The van der Waals surface area contributed by atoms with Gasteiger partial charge in [-0.3, -0.25) is 0 Å². The highest BCUT2D eigenvalue weighted by atomic mass is 15.1. The highest BCUT2D eigenvalue weighted by Crippen LogP contribution is 2.03. The standard InChI is InChI=1S/C17H28N2/c1-4-5-10-16(2)18-13-9-14-19(3)15-17-11-7-6-8-12-17/h4,6-8,11-12,16,18H,1,5,9-10,13-15H2,2-3H3. The SMILES string of the molecule is C=CCCC(C)NCCCN(C)Cc1ccccc1. The van der Waals surface area contributed by atoms with Crippen LogP contribution in [0.1, 0.15) is 31.7 Å². The highest BCUT2D eigenvalue weighted by Gasteiger charge is 2.01. The van der Waals surface area contributed by atoms with Gasteiger partial charge in [-0.1, -0.05) is 36.4 Å². The smallest absolute Gasteiger partial charge is 0.0230 e. The number of hydrogen-bond donors (Lipinski definition) is 1. The first-order chi connectivity index (χ1) is 9.22. The molecule has 1 aromatic carbocycles. The molecule has 1 unspecified atom stereocenters. The lowest BCUT2D eigenvalue weighted by Gasteiger charge is -2.18. The van der Waals surface area contributed by atoms with E-state index in [1.54, 1.807) is 0 Å². The zero-order valence-electron chi connectivity index (χ0n) is 12.4. The summed E-state index contributed by atoms with van der Waals surface area (Å²) in [5.74, 6) is 0. The second-order valence-corrected chi connectivity index (χ2v) is 5.30. The summed E-state index contributed by atoms with van der Waals surface area (Å²) in [6.07, 6.45) is 5.47. The van der Waals surface area contributed by atoms with Crippen molar-refractivity contribution in [3.8, 4) is 0 Å². The Hall–Kier alpha value is -1.12. The molecule has 2 nitrogen and oxygen atoms in total. The molecule has 0 bridgehead atoms. The fourth-order valence-electron chi connectivity index (χ4n) is 2.14. The molecule has 2 heteroatoms. The van der Waals surface area contributed by atoms with Crippen LogP contribution >= 0.6 is 0 Å². The Morgan fingerprint density at radius 1 is 1.32 bits per heavy atom. The summed E-state index contributed by atoms with van der Waals surface area (Å²) in [7, 11) is 2.19. The number of allylic oxidation sites excluding steroid dienone is 1. The van der Waals surface area contributed by atoms with Crippen LogP contribution in [-0.2, 0) is 6.54 Å². The predicted molar refractivity (Wildman–Crippen MR) is 84.3 cm³/mol. The molecule has 1 N–H and O–H groups in total. The molecular weight excluding hydrogens is 232 g/mol. The quantitative estimate of drug-likeness (QED) is 0.512. The molecule has 0 heterocycles. The van der Waals surface area contributed by atoms with E-state index in [0.717, 1.165) is 26.1 Å². The molecule has 0 amide bonds. The van der Waals surface area contributed by atoms with E-state index in [2.05, 4.69) is 61.1 Å². The third kappa shape index (κ3) is 7.81. The molecule has 0 aliphatic carbocycles. The molecule has 106 valence electrons. The van der Waals surface area contributed by atoms with Gasteiger partial charge in [0, 0.05) is 12.6 Å². The lowest BCUT2D eigenvalue weighted by molar-refractivity contribution is 0.316. The van der Waals surface area contributed by atoms with Crippen LogP contribution in [0.25, 0.3) is 0 Å². The zero-order valence-corrected chi connectivity index (χ0v) is 12.4. The largest absolute Gasteiger partial charge is 0.314 e. The third-order valence-corrected chi connectivity index (χ3v) is 3.31. The summed E-state index contributed by atoms with van der Waals surface area (Å²) in [5.41, 5.74) is 1.39. The average molecular weight is 260 g/mol. The van der Waals surface area contributed by atoms with E-state index in [-0.39, 0.29) is 0 Å². The third-order valence-electron chi connectivity index (χ3n) is 3.31. The Kier molecular flexibility index (Phi) is 8.19. The van der Waals surface area contributed by atoms with Crippen molar-refractivity contribution < 1.29 is 0 Å². The summed E-state index contributed by atoms with van der Waals surface area (Å²) in [5, 5.41) is 3.56. The van der Waals surface area contributed by atoms with Crippen molar-refractivity contribution in [1.82, 2.24) is 10.2 Å². The molecule has 0 aliphatic heterocycles. The molecule has 0 aliphatic rings. The Labute approximate surface area is 118 Å². The van der Waals surface area contributed by atoms with E-state index in [1.807, 2.05) is 6.08 Å². The molecule has 0 fully saturated rings. The molecule has 1 rings (SSSR count). The molecule has 0 radical (unpaired) electrons. The number of benzene rings is 1. The molecule has 1 aromatic rings. The van der Waals surface area contributed by atoms with E-state index >= 15 is 0 Å². The van der Waals surface area contributed by atoms with Crippen LogP contribution < -0.4 is 5.32 Å². The maximum atomic E-state index is 3.76. The van der Waals surface area contributed by atoms with E-state index in [9.17, 15) is 0 Å². The molecule has 1 atom stereocenters. The summed E-state index contributed by atoms with van der Waals surface area (Å²) in [4.78, 5) is 2.38. The van der Waals surface area contributed by atoms with Gasteiger partial charge >= 0.3 is 0 Å². The Balaban J connectivity index is 2.07. The molecule has 0 spiro atoms. The number of nitrogens with one attached hydrogen (secondary N) is 1. The minimum absolute atomic E-state index is 0.595. The van der Waals surface area contributed by atoms with Crippen LogP contribution in [0.3, 0.4) is 0 Å². The second kappa shape index (κ2) is 9.76. The predicted octanol–water partition coefficient (Wildman–Crippen LogP) is 3.45. The van der Waals surface area contributed by atoms with Gasteiger partial charge in [0.15, 0.2) is 0 Å². The lowest BCUT2D eigenvalue weighted by Crippen LogP contribution is -2.29.